The molecule has 0 radical (unpaired) electrons. The number of imidazole rings is 1. The molecule has 0 saturated heterocycles. The number of rotatable bonds is 5. The van der Waals surface area contributed by atoms with E-state index >= 15 is 0 Å². The summed E-state index contributed by atoms with van der Waals surface area (Å²) < 4.78 is 27.4. The fourth-order valence-electron chi connectivity index (χ4n) is 1.02. The van der Waals surface area contributed by atoms with Gasteiger partial charge in [-0.15, -0.1) is 0 Å². The maximum Gasteiger partial charge on any atom is 0.261 e. The van der Waals surface area contributed by atoms with Crippen LogP contribution in [0.25, 0.3) is 0 Å². The topological polar surface area (TPSA) is 84.2 Å². The van der Waals surface area contributed by atoms with Gasteiger partial charge in [-0.05, 0) is 13.3 Å². The molecule has 1 aromatic rings. The standard InChI is InChI=1S/C9H16ClN3O3S/c1-4-9(2,14)5-12-17(15,16)8-7(10)13(3)6-11-8/h6,12,14H,4-5H2,1-3H3. The zero-order valence-corrected chi connectivity index (χ0v) is 11.5. The predicted octanol–water partition coefficient (Wildman–Crippen LogP) is 0.513. The molecular formula is C9H16ClN3O3S. The molecule has 6 nitrogen and oxygen atoms in total. The van der Waals surface area contributed by atoms with Crippen molar-refractivity contribution in [2.75, 3.05) is 6.54 Å². The minimum absolute atomic E-state index is 0.0358. The molecule has 1 atom stereocenters. The molecule has 0 aliphatic heterocycles. The minimum atomic E-state index is -3.79. The Morgan fingerprint density at radius 2 is 2.24 bits per heavy atom. The second-order valence-corrected chi connectivity index (χ2v) is 6.17. The van der Waals surface area contributed by atoms with Gasteiger partial charge < -0.3 is 9.67 Å². The SMILES string of the molecule is CCC(C)(O)CNS(=O)(=O)c1ncn(C)c1Cl. The molecule has 8 heteroatoms. The summed E-state index contributed by atoms with van der Waals surface area (Å²) in [5, 5.41) is 9.53. The Balaban J connectivity index is 2.87. The highest BCUT2D eigenvalue weighted by Gasteiger charge is 2.26. The van der Waals surface area contributed by atoms with Crippen LogP contribution >= 0.6 is 11.6 Å². The summed E-state index contributed by atoms with van der Waals surface area (Å²) >= 11 is 5.80. The van der Waals surface area contributed by atoms with Crippen LogP contribution in [0.15, 0.2) is 11.4 Å². The monoisotopic (exact) mass is 281 g/mol. The lowest BCUT2D eigenvalue weighted by molar-refractivity contribution is 0.0613. The van der Waals surface area contributed by atoms with Crippen molar-refractivity contribution >= 4 is 21.6 Å². The molecule has 0 bridgehead atoms. The van der Waals surface area contributed by atoms with Crippen molar-refractivity contribution in [3.63, 3.8) is 0 Å². The molecule has 1 aromatic heterocycles. The van der Waals surface area contributed by atoms with Crippen molar-refractivity contribution in [1.82, 2.24) is 14.3 Å². The van der Waals surface area contributed by atoms with E-state index in [1.165, 1.54) is 10.9 Å². The molecule has 0 aliphatic carbocycles. The second-order valence-electron chi connectivity index (χ2n) is 4.13. The Morgan fingerprint density at radius 3 is 2.65 bits per heavy atom. The molecule has 0 saturated carbocycles. The number of hydrogen-bond acceptors (Lipinski definition) is 4. The number of aryl methyl sites for hydroxylation is 1. The van der Waals surface area contributed by atoms with E-state index in [1.54, 1.807) is 20.9 Å². The fourth-order valence-corrected chi connectivity index (χ4v) is 2.60. The first-order valence-corrected chi connectivity index (χ1v) is 6.94. The van der Waals surface area contributed by atoms with Gasteiger partial charge in [-0.1, -0.05) is 18.5 Å². The molecule has 1 heterocycles. The van der Waals surface area contributed by atoms with E-state index in [0.29, 0.717) is 6.42 Å². The maximum absolute atomic E-state index is 11.8. The van der Waals surface area contributed by atoms with Gasteiger partial charge in [0.2, 0.25) is 5.03 Å². The van der Waals surface area contributed by atoms with Gasteiger partial charge in [-0.2, -0.15) is 0 Å². The molecular weight excluding hydrogens is 266 g/mol. The number of aromatic nitrogens is 2. The minimum Gasteiger partial charge on any atom is -0.389 e. The van der Waals surface area contributed by atoms with Crippen LogP contribution in [0.4, 0.5) is 0 Å². The number of halogens is 1. The molecule has 0 amide bonds. The number of hydrogen-bond donors (Lipinski definition) is 2. The average Bonchev–Trinajstić information content (AvgIpc) is 2.58. The summed E-state index contributed by atoms with van der Waals surface area (Å²) in [6.45, 7) is 3.23. The first-order valence-electron chi connectivity index (χ1n) is 5.08. The van der Waals surface area contributed by atoms with E-state index < -0.39 is 15.6 Å². The summed E-state index contributed by atoms with van der Waals surface area (Å²) in [6, 6.07) is 0. The maximum atomic E-state index is 11.8. The van der Waals surface area contributed by atoms with Crippen LogP contribution in [-0.2, 0) is 17.1 Å². The Bertz CT molecular complexity index is 496. The van der Waals surface area contributed by atoms with Crippen molar-refractivity contribution < 1.29 is 13.5 Å². The zero-order valence-electron chi connectivity index (χ0n) is 9.94. The van der Waals surface area contributed by atoms with Gasteiger partial charge in [-0.25, -0.2) is 18.1 Å². The highest BCUT2D eigenvalue weighted by atomic mass is 35.5. The summed E-state index contributed by atoms with van der Waals surface area (Å²) in [7, 11) is -2.19. The normalized spacial score (nSPS) is 15.8. The molecule has 98 valence electrons. The van der Waals surface area contributed by atoms with Crippen molar-refractivity contribution in [3.8, 4) is 0 Å². The lowest BCUT2D eigenvalue weighted by Gasteiger charge is -2.21. The summed E-state index contributed by atoms with van der Waals surface area (Å²) in [6.07, 6.45) is 1.75. The van der Waals surface area contributed by atoms with Gasteiger partial charge in [0, 0.05) is 13.6 Å². The Hall–Kier alpha value is -0.630. The van der Waals surface area contributed by atoms with Crippen LogP contribution in [0.2, 0.25) is 5.15 Å². The molecule has 0 spiro atoms. The lowest BCUT2D eigenvalue weighted by Crippen LogP contribution is -2.40. The van der Waals surface area contributed by atoms with Crippen molar-refractivity contribution in [3.05, 3.63) is 11.5 Å². The number of aliphatic hydroxyl groups is 1. The van der Waals surface area contributed by atoms with Crippen LogP contribution in [0.3, 0.4) is 0 Å². The summed E-state index contributed by atoms with van der Waals surface area (Å²) in [5.74, 6) is 0. The molecule has 0 fully saturated rings. The van der Waals surface area contributed by atoms with E-state index in [9.17, 15) is 13.5 Å². The van der Waals surface area contributed by atoms with Crippen molar-refractivity contribution in [1.29, 1.82) is 0 Å². The molecule has 1 rings (SSSR count). The van der Waals surface area contributed by atoms with Crippen LogP contribution < -0.4 is 4.72 Å². The summed E-state index contributed by atoms with van der Waals surface area (Å²) in [4.78, 5) is 3.71. The Labute approximate surface area is 106 Å². The predicted molar refractivity (Wildman–Crippen MR) is 64.3 cm³/mol. The number of nitrogens with zero attached hydrogens (tertiary/aromatic N) is 2. The van der Waals surface area contributed by atoms with E-state index in [1.807, 2.05) is 0 Å². The molecule has 2 N–H and O–H groups in total. The zero-order chi connectivity index (χ0) is 13.3. The molecule has 1 unspecified atom stereocenters. The molecule has 17 heavy (non-hydrogen) atoms. The Morgan fingerprint density at radius 1 is 1.65 bits per heavy atom. The number of sulfonamides is 1. The molecule has 0 aromatic carbocycles. The van der Waals surface area contributed by atoms with Crippen LogP contribution in [0, 0.1) is 0 Å². The third-order valence-electron chi connectivity index (χ3n) is 2.49. The van der Waals surface area contributed by atoms with Crippen LogP contribution in [0.1, 0.15) is 20.3 Å². The van der Waals surface area contributed by atoms with Gasteiger partial charge in [0.05, 0.1) is 11.9 Å². The Kier molecular flexibility index (Phi) is 4.19. The van der Waals surface area contributed by atoms with Gasteiger partial charge >= 0.3 is 0 Å². The van der Waals surface area contributed by atoms with Crippen LogP contribution in [-0.4, -0.2) is 35.2 Å². The van der Waals surface area contributed by atoms with Crippen molar-refractivity contribution in [2.45, 2.75) is 30.9 Å². The second kappa shape index (κ2) is 4.93. The van der Waals surface area contributed by atoms with E-state index in [0.717, 1.165) is 0 Å². The van der Waals surface area contributed by atoms with E-state index in [4.69, 9.17) is 11.6 Å². The van der Waals surface area contributed by atoms with Gasteiger partial charge in [-0.3, -0.25) is 0 Å². The summed E-state index contributed by atoms with van der Waals surface area (Å²) in [5.41, 5.74) is -1.09. The quantitative estimate of drug-likeness (QED) is 0.824. The van der Waals surface area contributed by atoms with Gasteiger partial charge in [0.25, 0.3) is 10.0 Å². The average molecular weight is 282 g/mol. The fraction of sp³-hybridized carbons (Fsp3) is 0.667. The van der Waals surface area contributed by atoms with E-state index in [2.05, 4.69) is 9.71 Å². The lowest BCUT2D eigenvalue weighted by atomic mass is 10.1. The highest BCUT2D eigenvalue weighted by molar-refractivity contribution is 7.89. The van der Waals surface area contributed by atoms with Crippen molar-refractivity contribution in [2.24, 2.45) is 7.05 Å². The first kappa shape index (κ1) is 14.4. The smallest absolute Gasteiger partial charge is 0.261 e. The van der Waals surface area contributed by atoms with Gasteiger partial charge in [0.15, 0.2) is 0 Å². The molecule has 0 aliphatic rings. The largest absolute Gasteiger partial charge is 0.389 e. The first-order chi connectivity index (χ1) is 7.69. The third kappa shape index (κ3) is 3.41. The van der Waals surface area contributed by atoms with Crippen LogP contribution in [0.5, 0.6) is 0 Å². The number of nitrogens with one attached hydrogen (secondary N) is 1. The highest BCUT2D eigenvalue weighted by Crippen LogP contribution is 2.18. The van der Waals surface area contributed by atoms with Gasteiger partial charge in [0.1, 0.15) is 5.15 Å². The van der Waals surface area contributed by atoms with E-state index in [-0.39, 0.29) is 16.7 Å². The third-order valence-corrected chi connectivity index (χ3v) is 4.38.